The zero-order valence-corrected chi connectivity index (χ0v) is 11.9. The van der Waals surface area contributed by atoms with Crippen molar-refractivity contribution in [2.24, 2.45) is 0 Å². The van der Waals surface area contributed by atoms with E-state index in [1.165, 1.54) is 15.9 Å². The van der Waals surface area contributed by atoms with E-state index in [9.17, 15) is 9.90 Å². The molecule has 1 aliphatic rings. The zero-order valence-electron chi connectivity index (χ0n) is 11.0. The van der Waals surface area contributed by atoms with Gasteiger partial charge in [-0.15, -0.1) is 0 Å². The summed E-state index contributed by atoms with van der Waals surface area (Å²) in [5, 5.41) is 22.7. The van der Waals surface area contributed by atoms with Crippen LogP contribution in [-0.2, 0) is 4.74 Å². The van der Waals surface area contributed by atoms with Crippen LogP contribution in [0.3, 0.4) is 0 Å². The third-order valence-corrected chi connectivity index (χ3v) is 4.19. The first-order valence-electron chi connectivity index (χ1n) is 6.45. The topological polar surface area (TPSA) is 111 Å². The van der Waals surface area contributed by atoms with Crippen LogP contribution in [0.4, 0.5) is 5.82 Å². The van der Waals surface area contributed by atoms with E-state index < -0.39 is 24.1 Å². The molecule has 2 aromatic heterocycles. The van der Waals surface area contributed by atoms with Crippen LogP contribution < -0.4 is 11.4 Å². The third-order valence-electron chi connectivity index (χ3n) is 3.51. The van der Waals surface area contributed by atoms with Crippen LogP contribution in [0.25, 0.3) is 11.1 Å². The second-order valence-electron chi connectivity index (χ2n) is 4.86. The molecule has 3 atom stereocenters. The van der Waals surface area contributed by atoms with Crippen LogP contribution in [0.1, 0.15) is 12.6 Å². The van der Waals surface area contributed by atoms with E-state index in [1.54, 1.807) is 6.20 Å². The number of thiophene rings is 1. The molecule has 1 saturated heterocycles. The predicted molar refractivity (Wildman–Crippen MR) is 77.8 cm³/mol. The number of aliphatic hydroxyl groups excluding tert-OH is 2. The largest absolute Gasteiger partial charge is 0.394 e. The van der Waals surface area contributed by atoms with Gasteiger partial charge in [0.15, 0.2) is 0 Å². The van der Waals surface area contributed by atoms with E-state index in [-0.39, 0.29) is 18.8 Å². The van der Waals surface area contributed by atoms with Crippen molar-refractivity contribution in [3.8, 4) is 11.1 Å². The molecule has 0 saturated carbocycles. The Morgan fingerprint density at radius 1 is 1.57 bits per heavy atom. The molecule has 0 unspecified atom stereocenters. The molecule has 112 valence electrons. The normalized spacial score (nSPS) is 25.3. The van der Waals surface area contributed by atoms with E-state index in [0.717, 1.165) is 5.56 Å². The van der Waals surface area contributed by atoms with Gasteiger partial charge < -0.3 is 20.7 Å². The number of anilines is 1. The number of rotatable bonds is 3. The SMILES string of the molecule is Nc1nc(=O)n([C@@H]2C[C@H](O)[C@@H](CO)O2)cc1-c1ccsc1. The van der Waals surface area contributed by atoms with Gasteiger partial charge in [0.2, 0.25) is 0 Å². The van der Waals surface area contributed by atoms with Crippen molar-refractivity contribution < 1.29 is 14.9 Å². The molecule has 0 aromatic carbocycles. The van der Waals surface area contributed by atoms with Crippen LogP contribution in [0.2, 0.25) is 0 Å². The number of aromatic nitrogens is 2. The summed E-state index contributed by atoms with van der Waals surface area (Å²) < 4.78 is 6.79. The van der Waals surface area contributed by atoms with Crippen molar-refractivity contribution in [3.63, 3.8) is 0 Å². The van der Waals surface area contributed by atoms with E-state index in [0.29, 0.717) is 5.56 Å². The van der Waals surface area contributed by atoms with Gasteiger partial charge in [-0.25, -0.2) is 4.79 Å². The highest BCUT2D eigenvalue weighted by molar-refractivity contribution is 7.08. The highest BCUT2D eigenvalue weighted by Gasteiger charge is 2.35. The zero-order chi connectivity index (χ0) is 15.0. The van der Waals surface area contributed by atoms with Crippen LogP contribution >= 0.6 is 11.3 Å². The molecule has 0 radical (unpaired) electrons. The van der Waals surface area contributed by atoms with Gasteiger partial charge in [-0.05, 0) is 22.4 Å². The second kappa shape index (κ2) is 5.57. The van der Waals surface area contributed by atoms with E-state index in [2.05, 4.69) is 4.98 Å². The molecule has 1 aliphatic heterocycles. The molecule has 8 heteroatoms. The Bertz CT molecular complexity index is 685. The second-order valence-corrected chi connectivity index (χ2v) is 5.64. The molecule has 4 N–H and O–H groups in total. The lowest BCUT2D eigenvalue weighted by molar-refractivity contribution is -0.0458. The number of nitrogens with two attached hydrogens (primary N) is 1. The van der Waals surface area contributed by atoms with E-state index in [1.807, 2.05) is 16.8 Å². The summed E-state index contributed by atoms with van der Waals surface area (Å²) >= 11 is 1.51. The van der Waals surface area contributed by atoms with Crippen molar-refractivity contribution in [2.45, 2.75) is 24.9 Å². The summed E-state index contributed by atoms with van der Waals surface area (Å²) in [7, 11) is 0. The maximum absolute atomic E-state index is 12.0. The lowest BCUT2D eigenvalue weighted by Gasteiger charge is -2.16. The minimum atomic E-state index is -0.811. The fourth-order valence-electron chi connectivity index (χ4n) is 2.38. The number of nitrogens with zero attached hydrogens (tertiary/aromatic N) is 2. The first kappa shape index (κ1) is 14.2. The maximum Gasteiger partial charge on any atom is 0.351 e. The van der Waals surface area contributed by atoms with E-state index in [4.69, 9.17) is 15.6 Å². The number of aliphatic hydroxyl groups is 2. The Balaban J connectivity index is 2.00. The summed E-state index contributed by atoms with van der Waals surface area (Å²) in [4.78, 5) is 15.8. The minimum absolute atomic E-state index is 0.159. The molecule has 1 fully saturated rings. The monoisotopic (exact) mass is 309 g/mol. The molecule has 0 spiro atoms. The smallest absolute Gasteiger partial charge is 0.351 e. The summed E-state index contributed by atoms with van der Waals surface area (Å²) in [6.07, 6.45) is -0.350. The van der Waals surface area contributed by atoms with Gasteiger partial charge in [0.05, 0.1) is 12.7 Å². The van der Waals surface area contributed by atoms with Gasteiger partial charge in [0, 0.05) is 18.2 Å². The average Bonchev–Trinajstić information content (AvgIpc) is 3.08. The van der Waals surface area contributed by atoms with Crippen molar-refractivity contribution in [1.82, 2.24) is 9.55 Å². The Morgan fingerprint density at radius 3 is 3.00 bits per heavy atom. The quantitative estimate of drug-likeness (QED) is 0.747. The first-order chi connectivity index (χ1) is 10.1. The average molecular weight is 309 g/mol. The first-order valence-corrected chi connectivity index (χ1v) is 7.40. The fraction of sp³-hybridized carbons (Fsp3) is 0.385. The number of ether oxygens (including phenoxy) is 1. The number of hydrogen-bond donors (Lipinski definition) is 3. The molecule has 3 heterocycles. The summed E-state index contributed by atoms with van der Waals surface area (Å²) in [6.45, 7) is -0.299. The van der Waals surface area contributed by atoms with Gasteiger partial charge >= 0.3 is 5.69 Å². The fourth-order valence-corrected chi connectivity index (χ4v) is 3.03. The standard InChI is InChI=1S/C13H15N3O4S/c14-12-8(7-1-2-21-6-7)4-16(13(19)15-12)11-3-9(18)10(5-17)20-11/h1-2,4,6,9-11,17-18H,3,5H2,(H2,14,15,19)/t9-,10+,11-/m0/s1. The third kappa shape index (κ3) is 2.58. The summed E-state index contributed by atoms with van der Waals surface area (Å²) in [6, 6.07) is 1.88. The molecule has 2 aromatic rings. The van der Waals surface area contributed by atoms with E-state index >= 15 is 0 Å². The molecular formula is C13H15N3O4S. The highest BCUT2D eigenvalue weighted by Crippen LogP contribution is 2.30. The van der Waals surface area contributed by atoms with Gasteiger partial charge in [0.25, 0.3) is 0 Å². The Kier molecular flexibility index (Phi) is 3.77. The minimum Gasteiger partial charge on any atom is -0.394 e. The van der Waals surface area contributed by atoms with Crippen LogP contribution in [0.15, 0.2) is 27.8 Å². The molecule has 3 rings (SSSR count). The van der Waals surface area contributed by atoms with Gasteiger partial charge in [-0.2, -0.15) is 16.3 Å². The van der Waals surface area contributed by atoms with Crippen LogP contribution in [0, 0.1) is 0 Å². The Morgan fingerprint density at radius 2 is 2.38 bits per heavy atom. The predicted octanol–water partition coefficient (Wildman–Crippen LogP) is 0.195. The molecule has 0 aliphatic carbocycles. The lowest BCUT2D eigenvalue weighted by atomic mass is 10.1. The molecule has 7 nitrogen and oxygen atoms in total. The van der Waals surface area contributed by atoms with Crippen LogP contribution in [-0.4, -0.2) is 38.6 Å². The van der Waals surface area contributed by atoms with Crippen molar-refractivity contribution in [1.29, 1.82) is 0 Å². The maximum atomic E-state index is 12.0. The highest BCUT2D eigenvalue weighted by atomic mass is 32.1. The molecule has 0 amide bonds. The van der Waals surface area contributed by atoms with Crippen molar-refractivity contribution in [2.75, 3.05) is 12.3 Å². The summed E-state index contributed by atoms with van der Waals surface area (Å²) in [5.74, 6) is 0.159. The molecule has 21 heavy (non-hydrogen) atoms. The lowest BCUT2D eigenvalue weighted by Crippen LogP contribution is -2.28. The van der Waals surface area contributed by atoms with Gasteiger partial charge in [-0.3, -0.25) is 4.57 Å². The Labute approximate surface area is 124 Å². The Hall–Kier alpha value is -1.74. The molecular weight excluding hydrogens is 294 g/mol. The van der Waals surface area contributed by atoms with Gasteiger partial charge in [0.1, 0.15) is 18.1 Å². The van der Waals surface area contributed by atoms with Gasteiger partial charge in [-0.1, -0.05) is 0 Å². The number of nitrogen functional groups attached to an aromatic ring is 1. The summed E-state index contributed by atoms with van der Waals surface area (Å²) in [5.41, 5.74) is 6.78. The molecule has 0 bridgehead atoms. The number of hydrogen-bond acceptors (Lipinski definition) is 7. The van der Waals surface area contributed by atoms with Crippen LogP contribution in [0.5, 0.6) is 0 Å². The van der Waals surface area contributed by atoms with Crippen molar-refractivity contribution >= 4 is 17.2 Å². The van der Waals surface area contributed by atoms with Crippen molar-refractivity contribution in [3.05, 3.63) is 33.5 Å².